The van der Waals surface area contributed by atoms with Gasteiger partial charge in [0.05, 0.1) is 6.10 Å². The fourth-order valence-corrected chi connectivity index (χ4v) is 4.17. The Morgan fingerprint density at radius 3 is 1.62 bits per heavy atom. The van der Waals surface area contributed by atoms with Gasteiger partial charge >= 0.3 is 0 Å². The topological polar surface area (TPSA) is 26.3 Å². The van der Waals surface area contributed by atoms with E-state index < -0.39 is 8.69 Å². The van der Waals surface area contributed by atoms with E-state index in [4.69, 9.17) is 4.52 Å². The van der Waals surface area contributed by atoms with E-state index in [0.29, 0.717) is 17.9 Å². The van der Waals surface area contributed by atoms with Crippen LogP contribution in [0.2, 0.25) is 0 Å². The van der Waals surface area contributed by atoms with Crippen LogP contribution in [0.4, 0.5) is 0 Å². The molecule has 0 heterocycles. The van der Waals surface area contributed by atoms with Crippen LogP contribution in [-0.4, -0.2) is 6.10 Å². The molecule has 0 aliphatic heterocycles. The van der Waals surface area contributed by atoms with E-state index >= 15 is 0 Å². The molecule has 2 aliphatic carbocycles. The lowest BCUT2D eigenvalue weighted by Crippen LogP contribution is -2.32. The van der Waals surface area contributed by atoms with E-state index in [1.807, 2.05) is 0 Å². The highest BCUT2D eigenvalue weighted by molar-refractivity contribution is 7.17. The molecule has 2 fully saturated rings. The highest BCUT2D eigenvalue weighted by atomic mass is 31.1. The minimum atomic E-state index is -1.02. The van der Waals surface area contributed by atoms with Gasteiger partial charge in [0.25, 0.3) is 0 Å². The molecule has 0 aromatic heterocycles. The van der Waals surface area contributed by atoms with Crippen LogP contribution < -0.4 is 0 Å². The molecule has 0 aromatic carbocycles. The summed E-state index contributed by atoms with van der Waals surface area (Å²) in [6.45, 7) is 0. The molecular weight excluding hydrogens is 219 g/mol. The summed E-state index contributed by atoms with van der Waals surface area (Å²) in [4.78, 5) is 0. The van der Waals surface area contributed by atoms with Gasteiger partial charge in [0.1, 0.15) is 0 Å². The Balaban J connectivity index is 1.93. The van der Waals surface area contributed by atoms with E-state index in [0.717, 1.165) is 0 Å². The molecule has 2 aliphatic rings. The van der Waals surface area contributed by atoms with Crippen molar-refractivity contribution in [3.63, 3.8) is 0 Å². The van der Waals surface area contributed by atoms with Gasteiger partial charge in [-0.25, -0.2) is 0 Å². The molecule has 0 N–H and O–H groups in total. The third kappa shape index (κ3) is 3.34. The summed E-state index contributed by atoms with van der Waals surface area (Å²) in [6.07, 6.45) is 13.7. The number of rotatable bonds is 4. The summed E-state index contributed by atoms with van der Waals surface area (Å²) in [7, 11) is -1.02. The maximum Gasteiger partial charge on any atom is 0.180 e. The normalized spacial score (nSPS) is 25.8. The maximum atomic E-state index is 10.9. The summed E-state index contributed by atoms with van der Waals surface area (Å²) in [5.74, 6) is 1.41. The van der Waals surface area contributed by atoms with E-state index in [9.17, 15) is 4.57 Å². The number of hydrogen-bond acceptors (Lipinski definition) is 2. The van der Waals surface area contributed by atoms with Crippen LogP contribution in [0.3, 0.4) is 0 Å². The predicted octanol–water partition coefficient (Wildman–Crippen LogP) is 4.20. The van der Waals surface area contributed by atoms with Crippen molar-refractivity contribution < 1.29 is 9.09 Å². The number of hydrogen-bond donors (Lipinski definition) is 0. The standard InChI is InChI=1S/C13H25O2P/c14-16-15-13(11-7-3-1-4-8-11)12-9-5-2-6-10-12/h11-13H,1-10,16H2. The molecule has 3 heteroatoms. The molecule has 0 amide bonds. The van der Waals surface area contributed by atoms with Crippen molar-refractivity contribution >= 4 is 8.69 Å². The van der Waals surface area contributed by atoms with Crippen molar-refractivity contribution in [3.05, 3.63) is 0 Å². The average Bonchev–Trinajstić information content (AvgIpc) is 2.38. The van der Waals surface area contributed by atoms with Gasteiger partial charge in [-0.3, -0.25) is 4.57 Å². The maximum absolute atomic E-state index is 10.9. The first-order valence-corrected chi connectivity index (χ1v) is 7.95. The van der Waals surface area contributed by atoms with Gasteiger partial charge in [-0.05, 0) is 37.5 Å². The second-order valence-electron chi connectivity index (χ2n) is 5.49. The Morgan fingerprint density at radius 2 is 1.25 bits per heavy atom. The van der Waals surface area contributed by atoms with Gasteiger partial charge in [-0.15, -0.1) is 0 Å². The summed E-state index contributed by atoms with van der Waals surface area (Å²) < 4.78 is 16.5. The van der Waals surface area contributed by atoms with Gasteiger partial charge in [0, 0.05) is 0 Å². The third-order valence-corrected chi connectivity index (χ3v) is 4.87. The van der Waals surface area contributed by atoms with E-state index in [1.54, 1.807) is 0 Å². The highest BCUT2D eigenvalue weighted by Crippen LogP contribution is 2.38. The Kier molecular flexibility index (Phi) is 5.38. The Bertz CT molecular complexity index is 190. The molecule has 94 valence electrons. The summed E-state index contributed by atoms with van der Waals surface area (Å²) in [6, 6.07) is 0. The van der Waals surface area contributed by atoms with Gasteiger partial charge in [-0.2, -0.15) is 0 Å². The molecule has 1 unspecified atom stereocenters. The summed E-state index contributed by atoms with van der Waals surface area (Å²) >= 11 is 0. The molecule has 16 heavy (non-hydrogen) atoms. The summed E-state index contributed by atoms with van der Waals surface area (Å²) in [5, 5.41) is 0. The van der Waals surface area contributed by atoms with Crippen LogP contribution in [-0.2, 0) is 9.09 Å². The molecule has 2 rings (SSSR count). The average molecular weight is 244 g/mol. The van der Waals surface area contributed by atoms with Crippen LogP contribution in [0.25, 0.3) is 0 Å². The summed E-state index contributed by atoms with van der Waals surface area (Å²) in [5.41, 5.74) is 0. The molecule has 0 aromatic rings. The van der Waals surface area contributed by atoms with Crippen molar-refractivity contribution in [2.75, 3.05) is 0 Å². The van der Waals surface area contributed by atoms with Crippen molar-refractivity contribution in [1.82, 2.24) is 0 Å². The smallest absolute Gasteiger partial charge is 0.180 e. The van der Waals surface area contributed by atoms with Gasteiger partial charge in [-0.1, -0.05) is 38.5 Å². The molecule has 2 nitrogen and oxygen atoms in total. The first-order valence-electron chi connectivity index (χ1n) is 7.01. The van der Waals surface area contributed by atoms with Gasteiger partial charge in [0.2, 0.25) is 0 Å². The molecule has 0 radical (unpaired) electrons. The fourth-order valence-electron chi connectivity index (χ4n) is 3.60. The Labute approximate surface area is 100 Å². The second-order valence-corrected chi connectivity index (χ2v) is 5.96. The lowest BCUT2D eigenvalue weighted by molar-refractivity contribution is 0.0492. The zero-order chi connectivity index (χ0) is 11.2. The van der Waals surface area contributed by atoms with E-state index in [1.165, 1.54) is 64.2 Å². The lowest BCUT2D eigenvalue weighted by Gasteiger charge is -2.36. The van der Waals surface area contributed by atoms with Crippen LogP contribution in [0, 0.1) is 11.8 Å². The fraction of sp³-hybridized carbons (Fsp3) is 1.00. The predicted molar refractivity (Wildman–Crippen MR) is 68.4 cm³/mol. The van der Waals surface area contributed by atoms with E-state index in [2.05, 4.69) is 0 Å². The highest BCUT2D eigenvalue weighted by Gasteiger charge is 2.31. The SMILES string of the molecule is O=[PH2]OC(C1CCCCC1)C1CCCCC1. The van der Waals surface area contributed by atoms with Crippen molar-refractivity contribution in [2.24, 2.45) is 11.8 Å². The minimum absolute atomic E-state index is 0.327. The molecule has 1 atom stereocenters. The van der Waals surface area contributed by atoms with Crippen molar-refractivity contribution in [1.29, 1.82) is 0 Å². The van der Waals surface area contributed by atoms with Gasteiger partial charge < -0.3 is 4.52 Å². The lowest BCUT2D eigenvalue weighted by atomic mass is 9.75. The molecule has 2 saturated carbocycles. The molecule has 0 spiro atoms. The largest absolute Gasteiger partial charge is 0.329 e. The zero-order valence-electron chi connectivity index (χ0n) is 10.2. The second kappa shape index (κ2) is 6.81. The van der Waals surface area contributed by atoms with Crippen molar-refractivity contribution in [2.45, 2.75) is 70.3 Å². The Morgan fingerprint density at radius 1 is 0.812 bits per heavy atom. The van der Waals surface area contributed by atoms with Gasteiger partial charge in [0.15, 0.2) is 8.69 Å². The third-order valence-electron chi connectivity index (χ3n) is 4.44. The van der Waals surface area contributed by atoms with Crippen molar-refractivity contribution in [3.8, 4) is 0 Å². The Hall–Kier alpha value is 0.190. The monoisotopic (exact) mass is 244 g/mol. The quantitative estimate of drug-likeness (QED) is 0.693. The molecule has 0 bridgehead atoms. The van der Waals surface area contributed by atoms with E-state index in [-0.39, 0.29) is 0 Å². The molecule has 0 saturated heterocycles. The first-order chi connectivity index (χ1) is 7.92. The molecular formula is C13H25O2P. The zero-order valence-corrected chi connectivity index (χ0v) is 11.4. The van der Waals surface area contributed by atoms with Crippen LogP contribution in [0.1, 0.15) is 64.2 Å². The van der Waals surface area contributed by atoms with Crippen LogP contribution in [0.5, 0.6) is 0 Å². The first kappa shape index (κ1) is 12.6. The minimum Gasteiger partial charge on any atom is -0.329 e. The van der Waals surface area contributed by atoms with Crippen LogP contribution >= 0.6 is 8.69 Å². The van der Waals surface area contributed by atoms with Crippen LogP contribution in [0.15, 0.2) is 0 Å².